The van der Waals surface area contributed by atoms with E-state index in [9.17, 15) is 26.7 Å². The molecule has 0 fully saturated rings. The first-order chi connectivity index (χ1) is 13.1. The van der Waals surface area contributed by atoms with Crippen molar-refractivity contribution in [1.82, 2.24) is 9.97 Å². The molecule has 0 saturated heterocycles. The molecule has 0 aliphatic rings. The number of fused-ring (bicyclic) bond motifs is 1. The molecule has 0 radical (unpaired) electrons. The van der Waals surface area contributed by atoms with E-state index in [1.807, 2.05) is 20.8 Å². The number of sulfone groups is 1. The smallest absolute Gasteiger partial charge is 0.501 e. The highest BCUT2D eigenvalue weighted by atomic mass is 35.5. The maximum absolute atomic E-state index is 12.8. The SMILES string of the molecule is Cc1c(Cl)cc(C(C)(C)C)c(O)c1-c1nc2cc(S(=O)(=O)C(F)(F)F)ccc2[nH]1. The fraction of sp³-hybridized carbons (Fsp3) is 0.316. The normalized spacial score (nSPS) is 13.2. The second kappa shape index (κ2) is 6.63. The fourth-order valence-electron chi connectivity index (χ4n) is 3.00. The number of rotatable bonds is 2. The minimum Gasteiger partial charge on any atom is -0.507 e. The van der Waals surface area contributed by atoms with E-state index in [4.69, 9.17) is 11.6 Å². The number of aromatic amines is 1. The third-order valence-corrected chi connectivity index (χ3v) is 6.49. The predicted octanol–water partition coefficient (Wildman–Crippen LogP) is 5.49. The van der Waals surface area contributed by atoms with E-state index in [0.717, 1.165) is 12.1 Å². The zero-order chi connectivity index (χ0) is 21.9. The largest absolute Gasteiger partial charge is 0.507 e. The van der Waals surface area contributed by atoms with Crippen molar-refractivity contribution >= 4 is 32.5 Å². The predicted molar refractivity (Wildman–Crippen MR) is 105 cm³/mol. The number of hydrogen-bond donors (Lipinski definition) is 2. The molecule has 10 heteroatoms. The zero-order valence-corrected chi connectivity index (χ0v) is 17.5. The van der Waals surface area contributed by atoms with E-state index in [1.54, 1.807) is 13.0 Å². The van der Waals surface area contributed by atoms with Crippen LogP contribution >= 0.6 is 11.6 Å². The number of nitrogens with one attached hydrogen (secondary N) is 1. The van der Waals surface area contributed by atoms with Crippen LogP contribution in [0.2, 0.25) is 5.02 Å². The van der Waals surface area contributed by atoms with Gasteiger partial charge < -0.3 is 10.1 Å². The van der Waals surface area contributed by atoms with Gasteiger partial charge >= 0.3 is 5.51 Å². The topological polar surface area (TPSA) is 83.1 Å². The Balaban J connectivity index is 2.24. The highest BCUT2D eigenvalue weighted by Crippen LogP contribution is 2.43. The Kier molecular flexibility index (Phi) is 4.91. The lowest BCUT2D eigenvalue weighted by Gasteiger charge is -2.23. The number of H-pyrrole nitrogens is 1. The van der Waals surface area contributed by atoms with Crippen molar-refractivity contribution in [2.75, 3.05) is 0 Å². The lowest BCUT2D eigenvalue weighted by Crippen LogP contribution is -2.23. The molecular weight excluding hydrogens is 429 g/mol. The highest BCUT2D eigenvalue weighted by molar-refractivity contribution is 7.92. The van der Waals surface area contributed by atoms with Crippen molar-refractivity contribution in [3.05, 3.63) is 40.4 Å². The molecule has 0 aliphatic heterocycles. The number of hydrogen-bond acceptors (Lipinski definition) is 4. The van der Waals surface area contributed by atoms with Gasteiger partial charge in [0.05, 0.1) is 21.5 Å². The van der Waals surface area contributed by atoms with Gasteiger partial charge in [0.2, 0.25) is 0 Å². The van der Waals surface area contributed by atoms with Crippen LogP contribution in [0, 0.1) is 6.92 Å². The van der Waals surface area contributed by atoms with Crippen molar-refractivity contribution < 1.29 is 26.7 Å². The van der Waals surface area contributed by atoms with Crippen LogP contribution in [0.25, 0.3) is 22.4 Å². The van der Waals surface area contributed by atoms with Gasteiger partial charge in [0.25, 0.3) is 9.84 Å². The summed E-state index contributed by atoms with van der Waals surface area (Å²) in [7, 11) is -5.50. The molecule has 0 unspecified atom stereocenters. The van der Waals surface area contributed by atoms with E-state index in [2.05, 4.69) is 9.97 Å². The molecule has 1 heterocycles. The van der Waals surface area contributed by atoms with Gasteiger partial charge in [-0.25, -0.2) is 13.4 Å². The summed E-state index contributed by atoms with van der Waals surface area (Å²) in [5.74, 6) is 0.117. The van der Waals surface area contributed by atoms with Crippen LogP contribution in [0.1, 0.15) is 31.9 Å². The fourth-order valence-corrected chi connectivity index (χ4v) is 3.99. The van der Waals surface area contributed by atoms with Gasteiger partial charge in [0, 0.05) is 10.6 Å². The first-order valence-electron chi connectivity index (χ1n) is 8.48. The van der Waals surface area contributed by atoms with E-state index >= 15 is 0 Å². The van der Waals surface area contributed by atoms with Crippen LogP contribution in [-0.2, 0) is 15.3 Å². The maximum atomic E-state index is 12.8. The molecule has 0 spiro atoms. The van der Waals surface area contributed by atoms with Crippen molar-refractivity contribution in [2.24, 2.45) is 0 Å². The average molecular weight is 447 g/mol. The monoisotopic (exact) mass is 446 g/mol. The lowest BCUT2D eigenvalue weighted by atomic mass is 9.84. The van der Waals surface area contributed by atoms with Gasteiger partial charge in [-0.1, -0.05) is 32.4 Å². The summed E-state index contributed by atoms with van der Waals surface area (Å²) in [6, 6.07) is 4.57. The van der Waals surface area contributed by atoms with Crippen LogP contribution in [-0.4, -0.2) is 29.0 Å². The summed E-state index contributed by atoms with van der Waals surface area (Å²) >= 11 is 6.32. The Morgan fingerprint density at radius 3 is 2.31 bits per heavy atom. The first-order valence-corrected chi connectivity index (χ1v) is 10.3. The van der Waals surface area contributed by atoms with E-state index in [0.29, 0.717) is 27.2 Å². The number of halogens is 4. The number of alkyl halides is 3. The third kappa shape index (κ3) is 3.57. The standard InChI is InChI=1S/C19H18ClF3N2O3S/c1-9-12(20)8-11(18(2,3)4)16(26)15(9)17-24-13-6-5-10(7-14(13)25-17)29(27,28)19(21,22)23/h5-8,26H,1-4H3,(H,24,25). The molecular formula is C19H18ClF3N2O3S. The number of aromatic hydroxyl groups is 1. The average Bonchev–Trinajstić information content (AvgIpc) is 2.98. The molecule has 156 valence electrons. The van der Waals surface area contributed by atoms with Crippen molar-refractivity contribution in [1.29, 1.82) is 0 Å². The molecule has 3 rings (SSSR count). The molecule has 0 saturated carbocycles. The summed E-state index contributed by atoms with van der Waals surface area (Å²) in [4.78, 5) is 6.23. The number of imidazole rings is 1. The second-order valence-electron chi connectivity index (χ2n) is 7.72. The molecule has 0 aliphatic carbocycles. The Labute approximate surface area is 170 Å². The van der Waals surface area contributed by atoms with Gasteiger partial charge in [0.15, 0.2) is 0 Å². The quantitative estimate of drug-likeness (QED) is 0.545. The van der Waals surface area contributed by atoms with Gasteiger partial charge in [-0.05, 0) is 42.2 Å². The molecule has 0 atom stereocenters. The number of nitrogens with zero attached hydrogens (tertiary/aromatic N) is 1. The van der Waals surface area contributed by atoms with Crippen molar-refractivity contribution in [3.8, 4) is 17.1 Å². The third-order valence-electron chi connectivity index (χ3n) is 4.61. The molecule has 2 N–H and O–H groups in total. The number of benzene rings is 2. The van der Waals surface area contributed by atoms with Gasteiger partial charge in [-0.15, -0.1) is 0 Å². The summed E-state index contributed by atoms with van der Waals surface area (Å²) < 4.78 is 61.8. The minimum atomic E-state index is -5.50. The molecule has 0 bridgehead atoms. The Morgan fingerprint density at radius 2 is 1.76 bits per heavy atom. The van der Waals surface area contributed by atoms with Crippen LogP contribution in [0.3, 0.4) is 0 Å². The highest BCUT2D eigenvalue weighted by Gasteiger charge is 2.47. The Bertz CT molecular complexity index is 1230. The molecule has 2 aromatic carbocycles. The van der Waals surface area contributed by atoms with Crippen molar-refractivity contribution in [2.45, 2.75) is 43.5 Å². The second-order valence-corrected chi connectivity index (χ2v) is 10.1. The van der Waals surface area contributed by atoms with E-state index < -0.39 is 25.7 Å². The molecule has 0 amide bonds. The van der Waals surface area contributed by atoms with Crippen LogP contribution in [0.5, 0.6) is 5.75 Å². The first kappa shape index (κ1) is 21.4. The summed E-state index contributed by atoms with van der Waals surface area (Å²) in [6.07, 6.45) is 0. The van der Waals surface area contributed by atoms with E-state index in [-0.39, 0.29) is 17.1 Å². The molecule has 1 aromatic heterocycles. The molecule has 3 aromatic rings. The minimum absolute atomic E-state index is 0.0152. The summed E-state index contributed by atoms with van der Waals surface area (Å²) in [5, 5.41) is 11.2. The zero-order valence-electron chi connectivity index (χ0n) is 15.9. The summed E-state index contributed by atoms with van der Waals surface area (Å²) in [5.41, 5.74) is -4.11. The van der Waals surface area contributed by atoms with Gasteiger partial charge in [0.1, 0.15) is 11.6 Å². The lowest BCUT2D eigenvalue weighted by molar-refractivity contribution is -0.0435. The maximum Gasteiger partial charge on any atom is 0.501 e. The molecule has 29 heavy (non-hydrogen) atoms. The number of phenolic OH excluding ortho intramolecular Hbond substituents is 1. The van der Waals surface area contributed by atoms with E-state index in [1.165, 1.54) is 6.07 Å². The van der Waals surface area contributed by atoms with Gasteiger partial charge in [-0.3, -0.25) is 0 Å². The number of aromatic nitrogens is 2. The number of phenols is 1. The Morgan fingerprint density at radius 1 is 1.14 bits per heavy atom. The van der Waals surface area contributed by atoms with Crippen LogP contribution in [0.4, 0.5) is 13.2 Å². The van der Waals surface area contributed by atoms with Gasteiger partial charge in [-0.2, -0.15) is 13.2 Å². The Hall–Kier alpha value is -2.26. The van der Waals surface area contributed by atoms with Crippen molar-refractivity contribution in [3.63, 3.8) is 0 Å². The van der Waals surface area contributed by atoms with Crippen LogP contribution < -0.4 is 0 Å². The van der Waals surface area contributed by atoms with Crippen LogP contribution in [0.15, 0.2) is 29.2 Å². The molecule has 5 nitrogen and oxygen atoms in total. The summed E-state index contributed by atoms with van der Waals surface area (Å²) in [6.45, 7) is 7.36.